The highest BCUT2D eigenvalue weighted by Crippen LogP contribution is 2.19. The van der Waals surface area contributed by atoms with E-state index < -0.39 is 0 Å². The molecule has 1 fully saturated rings. The highest BCUT2D eigenvalue weighted by molar-refractivity contribution is 5.75. The Morgan fingerprint density at radius 3 is 2.52 bits per heavy atom. The van der Waals surface area contributed by atoms with E-state index in [4.69, 9.17) is 5.11 Å². The van der Waals surface area contributed by atoms with Crippen LogP contribution in [0.15, 0.2) is 30.3 Å². The molecule has 0 radical (unpaired) electrons. The Morgan fingerprint density at radius 2 is 1.96 bits per heavy atom. The normalized spacial score (nSPS) is 18.3. The molecule has 1 aromatic rings. The lowest BCUT2D eigenvalue weighted by molar-refractivity contribution is 0.197. The first-order valence-corrected chi connectivity index (χ1v) is 8.56. The maximum Gasteiger partial charge on any atom is 0.315 e. The topological polar surface area (TPSA) is 64.6 Å². The second-order valence-electron chi connectivity index (χ2n) is 6.58. The van der Waals surface area contributed by atoms with Crippen molar-refractivity contribution in [1.82, 2.24) is 10.6 Å². The SMILES string of the molecule is CCC(C)(CCO)NC(=O)NC1CCN(c2ccccc2)CC1. The lowest BCUT2D eigenvalue weighted by Gasteiger charge is -2.35. The van der Waals surface area contributed by atoms with Gasteiger partial charge in [0.15, 0.2) is 0 Å². The smallest absolute Gasteiger partial charge is 0.315 e. The molecule has 0 bridgehead atoms. The van der Waals surface area contributed by atoms with Crippen molar-refractivity contribution in [3.05, 3.63) is 30.3 Å². The van der Waals surface area contributed by atoms with E-state index >= 15 is 0 Å². The largest absolute Gasteiger partial charge is 0.396 e. The summed E-state index contributed by atoms with van der Waals surface area (Å²) in [6.45, 7) is 5.99. The highest BCUT2D eigenvalue weighted by atomic mass is 16.3. The number of nitrogens with zero attached hydrogens (tertiary/aromatic N) is 1. The molecule has 0 aromatic heterocycles. The van der Waals surface area contributed by atoms with Crippen LogP contribution in [0.2, 0.25) is 0 Å². The molecule has 2 rings (SSSR count). The van der Waals surface area contributed by atoms with Gasteiger partial charge in [-0.05, 0) is 44.7 Å². The fourth-order valence-corrected chi connectivity index (χ4v) is 2.99. The molecule has 1 saturated heterocycles. The van der Waals surface area contributed by atoms with Gasteiger partial charge in [-0.15, -0.1) is 0 Å². The van der Waals surface area contributed by atoms with Gasteiger partial charge in [0.05, 0.1) is 0 Å². The second kappa shape index (κ2) is 8.20. The molecule has 0 aliphatic carbocycles. The number of aliphatic hydroxyl groups excluding tert-OH is 1. The first-order chi connectivity index (χ1) is 11.1. The van der Waals surface area contributed by atoms with Crippen molar-refractivity contribution >= 4 is 11.7 Å². The van der Waals surface area contributed by atoms with Gasteiger partial charge in [-0.3, -0.25) is 0 Å². The Labute approximate surface area is 139 Å². The van der Waals surface area contributed by atoms with E-state index in [2.05, 4.69) is 39.8 Å². The molecule has 3 N–H and O–H groups in total. The number of hydrogen-bond donors (Lipinski definition) is 3. The minimum absolute atomic E-state index is 0.0834. The predicted octanol–water partition coefficient (Wildman–Crippen LogP) is 2.51. The quantitative estimate of drug-likeness (QED) is 0.755. The lowest BCUT2D eigenvalue weighted by Crippen LogP contribution is -2.54. The third-order valence-corrected chi connectivity index (χ3v) is 4.81. The van der Waals surface area contributed by atoms with Crippen molar-refractivity contribution in [2.45, 2.75) is 51.1 Å². The van der Waals surface area contributed by atoms with Crippen LogP contribution in [0.1, 0.15) is 39.5 Å². The van der Waals surface area contributed by atoms with Crippen molar-refractivity contribution in [2.24, 2.45) is 0 Å². The maximum atomic E-state index is 12.2. The van der Waals surface area contributed by atoms with Gasteiger partial charge in [-0.2, -0.15) is 0 Å². The average Bonchev–Trinajstić information content (AvgIpc) is 2.56. The fraction of sp³-hybridized carbons (Fsp3) is 0.611. The number of nitrogens with one attached hydrogen (secondary N) is 2. The van der Waals surface area contributed by atoms with E-state index in [0.717, 1.165) is 32.4 Å². The van der Waals surface area contributed by atoms with Gasteiger partial charge in [-0.1, -0.05) is 25.1 Å². The van der Waals surface area contributed by atoms with Crippen LogP contribution in [0.3, 0.4) is 0 Å². The molecule has 23 heavy (non-hydrogen) atoms. The van der Waals surface area contributed by atoms with E-state index in [1.165, 1.54) is 5.69 Å². The van der Waals surface area contributed by atoms with E-state index in [1.807, 2.05) is 19.9 Å². The minimum Gasteiger partial charge on any atom is -0.396 e. The summed E-state index contributed by atoms with van der Waals surface area (Å²) in [6, 6.07) is 10.5. The number of para-hydroxylation sites is 1. The molecule has 0 spiro atoms. The number of amides is 2. The highest BCUT2D eigenvalue weighted by Gasteiger charge is 2.26. The first-order valence-electron chi connectivity index (χ1n) is 8.56. The van der Waals surface area contributed by atoms with E-state index in [9.17, 15) is 4.79 Å². The van der Waals surface area contributed by atoms with Crippen molar-refractivity contribution in [3.8, 4) is 0 Å². The van der Waals surface area contributed by atoms with Crippen LogP contribution < -0.4 is 15.5 Å². The van der Waals surface area contributed by atoms with E-state index in [-0.39, 0.29) is 24.2 Å². The van der Waals surface area contributed by atoms with Crippen LogP contribution in [0.5, 0.6) is 0 Å². The molecule has 1 unspecified atom stereocenters. The molecule has 0 saturated carbocycles. The summed E-state index contributed by atoms with van der Waals surface area (Å²) in [5.41, 5.74) is 0.903. The van der Waals surface area contributed by atoms with E-state index in [0.29, 0.717) is 6.42 Å². The molecule has 1 aromatic carbocycles. The number of urea groups is 1. The molecule has 1 atom stereocenters. The average molecular weight is 319 g/mol. The summed E-state index contributed by atoms with van der Waals surface area (Å²) in [7, 11) is 0. The maximum absolute atomic E-state index is 12.2. The molecule has 128 valence electrons. The van der Waals surface area contributed by atoms with Crippen LogP contribution >= 0.6 is 0 Å². The van der Waals surface area contributed by atoms with Gasteiger partial charge in [0.2, 0.25) is 0 Å². The second-order valence-corrected chi connectivity index (χ2v) is 6.58. The standard InChI is InChI=1S/C18H29N3O2/c1-3-18(2,11-14-22)20-17(23)19-15-9-12-21(13-10-15)16-7-5-4-6-8-16/h4-8,15,22H,3,9-14H2,1-2H3,(H2,19,20,23). The van der Waals surface area contributed by atoms with Gasteiger partial charge in [0.1, 0.15) is 0 Å². The van der Waals surface area contributed by atoms with Crippen molar-refractivity contribution < 1.29 is 9.90 Å². The number of carbonyl (C=O) groups is 1. The van der Waals surface area contributed by atoms with Crippen LogP contribution in [0.4, 0.5) is 10.5 Å². The summed E-state index contributed by atoms with van der Waals surface area (Å²) in [5, 5.41) is 15.2. The first kappa shape index (κ1) is 17.6. The Kier molecular flexibility index (Phi) is 6.28. The molecule has 5 nitrogen and oxygen atoms in total. The van der Waals surface area contributed by atoms with Gasteiger partial charge >= 0.3 is 6.03 Å². The molecule has 1 aliphatic rings. The molecular formula is C18H29N3O2. The minimum atomic E-state index is -0.344. The third-order valence-electron chi connectivity index (χ3n) is 4.81. The zero-order valence-corrected chi connectivity index (χ0v) is 14.2. The van der Waals surface area contributed by atoms with Gasteiger partial charge < -0.3 is 20.6 Å². The van der Waals surface area contributed by atoms with Gasteiger partial charge in [-0.25, -0.2) is 4.79 Å². The number of aliphatic hydroxyl groups is 1. The predicted molar refractivity (Wildman–Crippen MR) is 93.7 cm³/mol. The summed E-state index contributed by atoms with van der Waals surface area (Å²) in [4.78, 5) is 14.6. The van der Waals surface area contributed by atoms with Crippen molar-refractivity contribution in [2.75, 3.05) is 24.6 Å². The number of benzene rings is 1. The fourth-order valence-electron chi connectivity index (χ4n) is 2.99. The zero-order valence-electron chi connectivity index (χ0n) is 14.2. The lowest BCUT2D eigenvalue weighted by atomic mass is 9.95. The zero-order chi connectivity index (χ0) is 16.7. The van der Waals surface area contributed by atoms with Crippen molar-refractivity contribution in [3.63, 3.8) is 0 Å². The number of rotatable bonds is 6. The summed E-state index contributed by atoms with van der Waals surface area (Å²) in [5.74, 6) is 0. The van der Waals surface area contributed by atoms with Gasteiger partial charge in [0.25, 0.3) is 0 Å². The Hall–Kier alpha value is -1.75. The monoisotopic (exact) mass is 319 g/mol. The molecule has 2 amide bonds. The van der Waals surface area contributed by atoms with Crippen molar-refractivity contribution in [1.29, 1.82) is 0 Å². The van der Waals surface area contributed by atoms with Crippen LogP contribution in [-0.4, -0.2) is 42.4 Å². The summed E-state index contributed by atoms with van der Waals surface area (Å²) >= 11 is 0. The van der Waals surface area contributed by atoms with Gasteiger partial charge in [0, 0.05) is 37.0 Å². The Balaban J connectivity index is 1.79. The molecular weight excluding hydrogens is 290 g/mol. The summed E-state index contributed by atoms with van der Waals surface area (Å²) < 4.78 is 0. The molecule has 1 heterocycles. The van der Waals surface area contributed by atoms with Crippen LogP contribution in [0, 0.1) is 0 Å². The molecule has 1 aliphatic heterocycles. The Bertz CT molecular complexity index is 486. The molecule has 5 heteroatoms. The number of carbonyl (C=O) groups excluding carboxylic acids is 1. The number of piperidine rings is 1. The van der Waals surface area contributed by atoms with E-state index in [1.54, 1.807) is 0 Å². The summed E-state index contributed by atoms with van der Waals surface area (Å²) in [6.07, 6.45) is 3.27. The Morgan fingerprint density at radius 1 is 1.30 bits per heavy atom. The number of anilines is 1. The van der Waals surface area contributed by atoms with Crippen LogP contribution in [-0.2, 0) is 0 Å². The third kappa shape index (κ3) is 5.13. The van der Waals surface area contributed by atoms with Crippen LogP contribution in [0.25, 0.3) is 0 Å². The number of hydrogen-bond acceptors (Lipinski definition) is 3.